The van der Waals surface area contributed by atoms with Crippen LogP contribution in [0, 0.1) is 10.1 Å². The highest BCUT2D eigenvalue weighted by Crippen LogP contribution is 2.27. The van der Waals surface area contributed by atoms with Crippen LogP contribution < -0.4 is 0 Å². The third-order valence-corrected chi connectivity index (χ3v) is 7.10. The lowest BCUT2D eigenvalue weighted by atomic mass is 10.2. The number of rotatable bonds is 7. The van der Waals surface area contributed by atoms with Crippen LogP contribution in [0.4, 0.5) is 5.69 Å². The molecule has 0 spiro atoms. The summed E-state index contributed by atoms with van der Waals surface area (Å²) in [4.78, 5) is 16.8. The van der Waals surface area contributed by atoms with E-state index in [2.05, 4.69) is 15.0 Å². The number of aromatic nitrogens is 2. The fourth-order valence-electron chi connectivity index (χ4n) is 3.47. The van der Waals surface area contributed by atoms with Crippen molar-refractivity contribution in [3.8, 4) is 11.4 Å². The summed E-state index contributed by atoms with van der Waals surface area (Å²) in [6.07, 6.45) is 0.552. The maximum atomic E-state index is 12.9. The van der Waals surface area contributed by atoms with Crippen molar-refractivity contribution < 1.29 is 17.9 Å². The Balaban J connectivity index is 1.34. The molecule has 1 aliphatic heterocycles. The summed E-state index contributed by atoms with van der Waals surface area (Å²) in [6.45, 7) is 2.19. The Hall–Kier alpha value is -3.15. The van der Waals surface area contributed by atoms with Gasteiger partial charge in [0.05, 0.1) is 4.92 Å². The number of hydrogen-bond acceptors (Lipinski definition) is 8. The van der Waals surface area contributed by atoms with Gasteiger partial charge < -0.3 is 9.42 Å². The largest absolute Gasteiger partial charge is 0.339 e. The normalized spacial score (nSPS) is 15.7. The second kappa shape index (κ2) is 8.92. The molecule has 4 rings (SSSR count). The van der Waals surface area contributed by atoms with Gasteiger partial charge in [-0.15, -0.1) is 0 Å². The van der Waals surface area contributed by atoms with Crippen LogP contribution in [0.1, 0.15) is 5.89 Å². The molecule has 2 heterocycles. The van der Waals surface area contributed by atoms with E-state index in [0.717, 1.165) is 5.56 Å². The van der Waals surface area contributed by atoms with E-state index in [1.807, 2.05) is 30.3 Å². The molecule has 0 saturated carbocycles. The molecule has 3 aromatic rings. The van der Waals surface area contributed by atoms with Gasteiger partial charge in [-0.2, -0.15) is 9.29 Å². The van der Waals surface area contributed by atoms with E-state index in [1.165, 1.54) is 28.6 Å². The Morgan fingerprint density at radius 2 is 1.68 bits per heavy atom. The van der Waals surface area contributed by atoms with E-state index in [-0.39, 0.29) is 18.0 Å². The smallest absolute Gasteiger partial charge is 0.289 e. The van der Waals surface area contributed by atoms with Gasteiger partial charge in [-0.25, -0.2) is 8.42 Å². The quantitative estimate of drug-likeness (QED) is 0.402. The van der Waals surface area contributed by atoms with Crippen molar-refractivity contribution in [2.24, 2.45) is 0 Å². The van der Waals surface area contributed by atoms with Gasteiger partial charge in [0.15, 0.2) is 4.90 Å². The molecule has 0 atom stereocenters. The minimum absolute atomic E-state index is 0.257. The zero-order valence-corrected chi connectivity index (χ0v) is 17.4. The first-order valence-electron chi connectivity index (χ1n) is 9.79. The van der Waals surface area contributed by atoms with Crippen molar-refractivity contribution in [2.75, 3.05) is 32.7 Å². The number of para-hydroxylation sites is 1. The minimum Gasteiger partial charge on any atom is -0.339 e. The fraction of sp³-hybridized carbons (Fsp3) is 0.300. The topological polar surface area (TPSA) is 123 Å². The zero-order valence-electron chi connectivity index (χ0n) is 16.6. The molecule has 0 amide bonds. The van der Waals surface area contributed by atoms with Crippen molar-refractivity contribution in [1.82, 2.24) is 19.3 Å². The molecule has 0 radical (unpaired) electrons. The average Bonchev–Trinajstić information content (AvgIpc) is 3.28. The third-order valence-electron chi connectivity index (χ3n) is 5.15. The molecule has 162 valence electrons. The van der Waals surface area contributed by atoms with Crippen LogP contribution in [-0.2, 0) is 16.4 Å². The second-order valence-electron chi connectivity index (χ2n) is 7.10. The molecule has 1 saturated heterocycles. The third kappa shape index (κ3) is 4.63. The van der Waals surface area contributed by atoms with E-state index in [9.17, 15) is 18.5 Å². The number of hydrogen-bond donors (Lipinski definition) is 0. The molecular formula is C20H21N5O5S. The molecule has 1 aliphatic rings. The Morgan fingerprint density at radius 1 is 1.00 bits per heavy atom. The van der Waals surface area contributed by atoms with E-state index < -0.39 is 20.6 Å². The van der Waals surface area contributed by atoms with Crippen molar-refractivity contribution >= 4 is 15.7 Å². The van der Waals surface area contributed by atoms with Gasteiger partial charge in [-0.1, -0.05) is 47.6 Å². The van der Waals surface area contributed by atoms with Gasteiger partial charge in [0, 0.05) is 50.8 Å². The number of nitro benzene ring substituents is 1. The molecule has 2 aromatic carbocycles. The van der Waals surface area contributed by atoms with Crippen LogP contribution in [0.2, 0.25) is 0 Å². The number of sulfonamides is 1. The molecule has 10 nitrogen and oxygen atoms in total. The monoisotopic (exact) mass is 443 g/mol. The summed E-state index contributed by atoms with van der Waals surface area (Å²) >= 11 is 0. The summed E-state index contributed by atoms with van der Waals surface area (Å²) in [5, 5.41) is 15.2. The van der Waals surface area contributed by atoms with E-state index in [4.69, 9.17) is 4.52 Å². The first-order valence-corrected chi connectivity index (χ1v) is 11.2. The minimum atomic E-state index is -3.93. The summed E-state index contributed by atoms with van der Waals surface area (Å²) in [7, 11) is -3.93. The van der Waals surface area contributed by atoms with Gasteiger partial charge in [0.1, 0.15) is 0 Å². The first-order chi connectivity index (χ1) is 14.9. The lowest BCUT2D eigenvalue weighted by Crippen LogP contribution is -2.49. The molecular weight excluding hydrogens is 422 g/mol. The molecule has 11 heteroatoms. The molecule has 31 heavy (non-hydrogen) atoms. The molecule has 0 N–H and O–H groups in total. The summed E-state index contributed by atoms with van der Waals surface area (Å²) < 4.78 is 32.4. The lowest BCUT2D eigenvalue weighted by molar-refractivity contribution is -0.387. The Kier molecular flexibility index (Phi) is 6.07. The van der Waals surface area contributed by atoms with Crippen LogP contribution in [0.25, 0.3) is 11.4 Å². The van der Waals surface area contributed by atoms with E-state index >= 15 is 0 Å². The highest BCUT2D eigenvalue weighted by atomic mass is 32.2. The standard InChI is InChI=1S/C20H21N5O5S/c26-25(27)17-8-4-5-9-18(17)31(28,29)24-14-12-23(13-15-24)11-10-19-21-20(22-30-19)16-6-2-1-3-7-16/h1-9H,10-15H2. The van der Waals surface area contributed by atoms with Crippen LogP contribution in [0.15, 0.2) is 64.0 Å². The molecule has 0 bridgehead atoms. The van der Waals surface area contributed by atoms with Crippen LogP contribution in [0.3, 0.4) is 0 Å². The number of piperazine rings is 1. The maximum Gasteiger partial charge on any atom is 0.289 e. The predicted molar refractivity (Wildman–Crippen MR) is 112 cm³/mol. The Morgan fingerprint density at radius 3 is 2.39 bits per heavy atom. The number of benzene rings is 2. The first kappa shape index (κ1) is 21.1. The van der Waals surface area contributed by atoms with Gasteiger partial charge in [-0.05, 0) is 6.07 Å². The van der Waals surface area contributed by atoms with E-state index in [0.29, 0.717) is 37.8 Å². The maximum absolute atomic E-state index is 12.9. The number of nitro groups is 1. The van der Waals surface area contributed by atoms with Crippen molar-refractivity contribution in [3.05, 3.63) is 70.6 Å². The summed E-state index contributed by atoms with van der Waals surface area (Å²) in [5.74, 6) is 1.06. The zero-order chi connectivity index (χ0) is 21.8. The van der Waals surface area contributed by atoms with Crippen LogP contribution >= 0.6 is 0 Å². The van der Waals surface area contributed by atoms with E-state index in [1.54, 1.807) is 0 Å². The SMILES string of the molecule is O=[N+]([O-])c1ccccc1S(=O)(=O)N1CCN(CCc2nc(-c3ccccc3)no2)CC1. The average molecular weight is 443 g/mol. The Labute approximate surface area is 179 Å². The van der Waals surface area contributed by atoms with Crippen molar-refractivity contribution in [2.45, 2.75) is 11.3 Å². The van der Waals surface area contributed by atoms with Gasteiger partial charge >= 0.3 is 0 Å². The van der Waals surface area contributed by atoms with Gasteiger partial charge in [0.25, 0.3) is 5.69 Å². The number of nitrogens with zero attached hydrogens (tertiary/aromatic N) is 5. The van der Waals surface area contributed by atoms with Crippen LogP contribution in [0.5, 0.6) is 0 Å². The molecule has 0 aliphatic carbocycles. The van der Waals surface area contributed by atoms with Gasteiger partial charge in [0.2, 0.25) is 21.7 Å². The van der Waals surface area contributed by atoms with Crippen LogP contribution in [-0.4, -0.2) is 65.4 Å². The molecule has 1 aromatic heterocycles. The second-order valence-corrected chi connectivity index (χ2v) is 9.00. The fourth-order valence-corrected chi connectivity index (χ4v) is 5.05. The summed E-state index contributed by atoms with van der Waals surface area (Å²) in [6, 6.07) is 15.0. The Bertz CT molecular complexity index is 1160. The highest BCUT2D eigenvalue weighted by Gasteiger charge is 2.33. The van der Waals surface area contributed by atoms with Crippen molar-refractivity contribution in [1.29, 1.82) is 0 Å². The summed E-state index contributed by atoms with van der Waals surface area (Å²) in [5.41, 5.74) is 0.474. The lowest BCUT2D eigenvalue weighted by Gasteiger charge is -2.33. The van der Waals surface area contributed by atoms with Gasteiger partial charge in [-0.3, -0.25) is 10.1 Å². The van der Waals surface area contributed by atoms with Crippen molar-refractivity contribution in [3.63, 3.8) is 0 Å². The highest BCUT2D eigenvalue weighted by molar-refractivity contribution is 7.89. The molecule has 0 unspecified atom stereocenters. The molecule has 1 fully saturated rings. The predicted octanol–water partition coefficient (Wildman–Crippen LogP) is 2.19.